The minimum Gasteiger partial charge on any atom is -0.241 e. The van der Waals surface area contributed by atoms with E-state index < -0.39 is 0 Å². The Balaban J connectivity index is 3.60. The van der Waals surface area contributed by atoms with Crippen molar-refractivity contribution in [3.05, 3.63) is 0 Å². The summed E-state index contributed by atoms with van der Waals surface area (Å²) < 4.78 is 0.144. The monoisotopic (exact) mass is 118 g/mol. The average molecular weight is 118 g/mol. The second-order valence-electron chi connectivity index (χ2n) is 0.506. The van der Waals surface area contributed by atoms with Crippen molar-refractivity contribution in [3.63, 3.8) is 0 Å². The first kappa shape index (κ1) is 5.82. The summed E-state index contributed by atoms with van der Waals surface area (Å²) in [5, 5.41) is 6.18. The van der Waals surface area contributed by atoms with Crippen LogP contribution in [-0.2, 0) is 0 Å². The summed E-state index contributed by atoms with van der Waals surface area (Å²) in [5.74, 6) is 0. The molecule has 0 unspecified atom stereocenters. The van der Waals surface area contributed by atoms with E-state index >= 15 is 0 Å². The first-order valence-electron chi connectivity index (χ1n) is 1.12. The van der Waals surface area contributed by atoms with Crippen LogP contribution in [0, 0.1) is 5.41 Å². The first-order valence-corrected chi connectivity index (χ1v) is 1.98. The molecule has 0 saturated heterocycles. The highest BCUT2D eigenvalue weighted by Crippen LogP contribution is 1.79. The molecule has 0 aromatic rings. The lowest BCUT2D eigenvalue weighted by molar-refractivity contribution is 1.56. The van der Waals surface area contributed by atoms with Gasteiger partial charge in [0.1, 0.15) is 0 Å². The third-order valence-corrected chi connectivity index (χ3v) is 0.343. The molecule has 32 valence electrons. The fourth-order valence-corrected chi connectivity index (χ4v) is 0.143. The normalized spacial score (nSPS) is 6.17. The Morgan fingerprint density at radius 2 is 2.50 bits per heavy atom. The van der Waals surface area contributed by atoms with E-state index in [1.54, 1.807) is 6.01 Å². The van der Waals surface area contributed by atoms with Gasteiger partial charge >= 0.3 is 0 Å². The number of nitrogens with zero attached hydrogens (tertiary/aromatic N) is 1. The minimum atomic E-state index is 0.144. The van der Waals surface area contributed by atoms with Crippen molar-refractivity contribution in [2.75, 3.05) is 0 Å². The molecule has 0 rings (SSSR count). The van der Waals surface area contributed by atoms with Gasteiger partial charge in [0.15, 0.2) is 4.32 Å². The van der Waals surface area contributed by atoms with E-state index in [0.29, 0.717) is 0 Å². The number of rotatable bonds is 0. The van der Waals surface area contributed by atoms with E-state index in [1.807, 2.05) is 0 Å². The molecule has 6 heavy (non-hydrogen) atoms. The van der Waals surface area contributed by atoms with Gasteiger partial charge in [0, 0.05) is 0 Å². The van der Waals surface area contributed by atoms with Crippen molar-refractivity contribution in [2.45, 2.75) is 0 Å². The Labute approximate surface area is 46.2 Å². The molecule has 0 aromatic carbocycles. The predicted octanol–water partition coefficient (Wildman–Crippen LogP) is 0.954. The molecule has 0 spiro atoms. The molecule has 0 saturated carbocycles. The highest BCUT2D eigenvalue weighted by Gasteiger charge is 1.69. The van der Waals surface area contributed by atoms with Crippen molar-refractivity contribution in [3.8, 4) is 0 Å². The first-order chi connectivity index (χ1) is 2.77. The van der Waals surface area contributed by atoms with E-state index in [-0.39, 0.29) is 4.32 Å². The van der Waals surface area contributed by atoms with Gasteiger partial charge in [-0.1, -0.05) is 0 Å². The lowest BCUT2D eigenvalue weighted by Crippen LogP contribution is -1.65. The number of thiocarbonyl (C=S) groups is 1. The SMILES string of the molecule is N=C=NC(=S)S. The van der Waals surface area contributed by atoms with Crippen molar-refractivity contribution in [1.29, 1.82) is 5.41 Å². The summed E-state index contributed by atoms with van der Waals surface area (Å²) in [5.41, 5.74) is 0. The van der Waals surface area contributed by atoms with Gasteiger partial charge in [-0.15, -0.1) is 12.6 Å². The van der Waals surface area contributed by atoms with Gasteiger partial charge in [0.05, 0.1) is 6.01 Å². The van der Waals surface area contributed by atoms with Crippen molar-refractivity contribution in [1.82, 2.24) is 0 Å². The second-order valence-corrected chi connectivity index (χ2v) is 1.62. The molecule has 1 N–H and O–H groups in total. The fraction of sp³-hybridized carbons (Fsp3) is 0. The van der Waals surface area contributed by atoms with E-state index in [4.69, 9.17) is 5.41 Å². The standard InChI is InChI=1S/C2H2N2S2/c3-1-4-2(5)6/h3H,(H,5,6). The Hall–Kier alpha value is -0.180. The van der Waals surface area contributed by atoms with Crippen LogP contribution < -0.4 is 0 Å². The summed E-state index contributed by atoms with van der Waals surface area (Å²) in [4.78, 5) is 3.14. The van der Waals surface area contributed by atoms with E-state index in [2.05, 4.69) is 29.8 Å². The molecule has 0 heterocycles. The molecule has 0 aromatic heterocycles. The molecule has 0 bridgehead atoms. The molecule has 0 aliphatic rings. The molecule has 0 fully saturated rings. The summed E-state index contributed by atoms with van der Waals surface area (Å²) in [7, 11) is 0. The average Bonchev–Trinajstić information content (AvgIpc) is 1.35. The van der Waals surface area contributed by atoms with Gasteiger partial charge < -0.3 is 0 Å². The van der Waals surface area contributed by atoms with Gasteiger partial charge in [-0.3, -0.25) is 0 Å². The summed E-state index contributed by atoms with van der Waals surface area (Å²) in [6.45, 7) is 0. The maximum absolute atomic E-state index is 6.18. The number of nitrogens with one attached hydrogen (secondary N) is 1. The summed E-state index contributed by atoms with van der Waals surface area (Å²) in [6, 6.07) is 1.72. The molecule has 0 atom stereocenters. The zero-order valence-corrected chi connectivity index (χ0v) is 4.51. The number of hydrogen-bond acceptors (Lipinski definition) is 2. The second kappa shape index (κ2) is 3.03. The molecule has 4 heteroatoms. The maximum Gasteiger partial charge on any atom is 0.168 e. The number of aliphatic imine (C=N–C) groups is 1. The van der Waals surface area contributed by atoms with E-state index in [9.17, 15) is 0 Å². The van der Waals surface area contributed by atoms with Crippen LogP contribution in [0.25, 0.3) is 0 Å². The summed E-state index contributed by atoms with van der Waals surface area (Å²) >= 11 is 7.87. The third kappa shape index (κ3) is 3.82. The Morgan fingerprint density at radius 3 is 2.50 bits per heavy atom. The number of hydrogen-bond donors (Lipinski definition) is 2. The topological polar surface area (TPSA) is 36.2 Å². The van der Waals surface area contributed by atoms with Crippen LogP contribution in [0.3, 0.4) is 0 Å². The van der Waals surface area contributed by atoms with Gasteiger partial charge in [-0.2, -0.15) is 4.99 Å². The molecular weight excluding hydrogens is 116 g/mol. The smallest absolute Gasteiger partial charge is 0.168 e. The lowest BCUT2D eigenvalue weighted by atomic mass is 11.3. The zero-order chi connectivity index (χ0) is 4.99. The van der Waals surface area contributed by atoms with Crippen molar-refractivity contribution in [2.24, 2.45) is 4.99 Å². The predicted molar refractivity (Wildman–Crippen MR) is 31.7 cm³/mol. The molecule has 0 radical (unpaired) electrons. The van der Waals surface area contributed by atoms with Crippen LogP contribution >= 0.6 is 24.8 Å². The zero-order valence-electron chi connectivity index (χ0n) is 2.80. The minimum absolute atomic E-state index is 0.144. The van der Waals surface area contributed by atoms with Crippen molar-refractivity contribution < 1.29 is 0 Å². The van der Waals surface area contributed by atoms with Gasteiger partial charge in [0.2, 0.25) is 0 Å². The Kier molecular flexibility index (Phi) is 2.94. The third-order valence-electron chi connectivity index (χ3n) is 0.152. The summed E-state index contributed by atoms with van der Waals surface area (Å²) in [6.07, 6.45) is 0. The van der Waals surface area contributed by atoms with Crippen LogP contribution in [0.15, 0.2) is 4.99 Å². The molecule has 0 amide bonds. The lowest BCUT2D eigenvalue weighted by Gasteiger charge is -1.66. The van der Waals surface area contributed by atoms with Crippen LogP contribution in [0.5, 0.6) is 0 Å². The van der Waals surface area contributed by atoms with E-state index in [0.717, 1.165) is 0 Å². The highest BCUT2D eigenvalue weighted by atomic mass is 32.1. The largest absolute Gasteiger partial charge is 0.241 e. The highest BCUT2D eigenvalue weighted by molar-refractivity contribution is 8.11. The van der Waals surface area contributed by atoms with Crippen LogP contribution in [0.1, 0.15) is 0 Å². The molecule has 0 aliphatic carbocycles. The van der Waals surface area contributed by atoms with Crippen LogP contribution in [0.4, 0.5) is 0 Å². The Bertz CT molecular complexity index is 102. The quantitative estimate of drug-likeness (QED) is 0.277. The van der Waals surface area contributed by atoms with Crippen molar-refractivity contribution >= 4 is 35.2 Å². The molecule has 0 aliphatic heterocycles. The Morgan fingerprint density at radius 1 is 2.00 bits per heavy atom. The molecular formula is C2H2N2S2. The van der Waals surface area contributed by atoms with Crippen LogP contribution in [-0.4, -0.2) is 10.3 Å². The number of thiol groups is 1. The maximum atomic E-state index is 6.18. The molecule has 2 nitrogen and oxygen atoms in total. The van der Waals surface area contributed by atoms with Gasteiger partial charge in [-0.25, -0.2) is 5.41 Å². The van der Waals surface area contributed by atoms with Crippen LogP contribution in [0.2, 0.25) is 0 Å². The van der Waals surface area contributed by atoms with Gasteiger partial charge in [-0.05, 0) is 12.2 Å². The van der Waals surface area contributed by atoms with Gasteiger partial charge in [0.25, 0.3) is 0 Å². The fourth-order valence-electron chi connectivity index (χ4n) is 0.0478. The van der Waals surface area contributed by atoms with E-state index in [1.165, 1.54) is 0 Å².